The predicted octanol–water partition coefficient (Wildman–Crippen LogP) is 2.06. The van der Waals surface area contributed by atoms with E-state index in [0.717, 1.165) is 5.56 Å². The molecule has 1 aromatic rings. The van der Waals surface area contributed by atoms with E-state index in [1.54, 1.807) is 17.8 Å². The number of nitrogen functional groups attached to an aromatic ring is 1. The number of amides is 1. The second-order valence-electron chi connectivity index (χ2n) is 3.79. The Labute approximate surface area is 101 Å². The van der Waals surface area contributed by atoms with Crippen LogP contribution < -0.4 is 11.1 Å². The fourth-order valence-corrected chi connectivity index (χ4v) is 1.54. The molecular formula is C12H18N2OS. The first kappa shape index (κ1) is 12.9. The van der Waals surface area contributed by atoms with E-state index in [9.17, 15) is 4.79 Å². The van der Waals surface area contributed by atoms with Gasteiger partial charge >= 0.3 is 0 Å². The summed E-state index contributed by atoms with van der Waals surface area (Å²) in [4.78, 5) is 11.8. The molecule has 0 radical (unpaired) electrons. The van der Waals surface area contributed by atoms with Crippen molar-refractivity contribution in [2.24, 2.45) is 0 Å². The van der Waals surface area contributed by atoms with Gasteiger partial charge in [-0.2, -0.15) is 11.8 Å². The standard InChI is InChI=1S/C12H18N2OS/c1-8-5-4-6-10(11(8)13)12(15)14-7-9(2)16-3/h4-6,9H,7,13H2,1-3H3,(H,14,15). The Kier molecular flexibility index (Phi) is 4.68. The van der Waals surface area contributed by atoms with Gasteiger partial charge in [0, 0.05) is 17.5 Å². The van der Waals surface area contributed by atoms with Crippen molar-refractivity contribution >= 4 is 23.4 Å². The van der Waals surface area contributed by atoms with Crippen molar-refractivity contribution in [1.82, 2.24) is 5.32 Å². The molecule has 3 N–H and O–H groups in total. The molecule has 0 fully saturated rings. The third kappa shape index (κ3) is 3.17. The second-order valence-corrected chi connectivity index (χ2v) is 5.07. The quantitative estimate of drug-likeness (QED) is 0.789. The van der Waals surface area contributed by atoms with E-state index in [-0.39, 0.29) is 5.91 Å². The van der Waals surface area contributed by atoms with Gasteiger partial charge in [0.25, 0.3) is 5.91 Å². The van der Waals surface area contributed by atoms with E-state index >= 15 is 0 Å². The van der Waals surface area contributed by atoms with Gasteiger partial charge in [-0.15, -0.1) is 0 Å². The summed E-state index contributed by atoms with van der Waals surface area (Å²) in [6, 6.07) is 5.50. The molecule has 0 heterocycles. The van der Waals surface area contributed by atoms with E-state index in [1.807, 2.05) is 25.3 Å². The van der Waals surface area contributed by atoms with Gasteiger partial charge in [-0.3, -0.25) is 4.79 Å². The van der Waals surface area contributed by atoms with Crippen molar-refractivity contribution < 1.29 is 4.79 Å². The molecule has 1 aromatic carbocycles. The molecule has 1 atom stereocenters. The molecule has 0 bridgehead atoms. The predicted molar refractivity (Wildman–Crippen MR) is 70.9 cm³/mol. The Morgan fingerprint density at radius 3 is 2.88 bits per heavy atom. The average Bonchev–Trinajstić information content (AvgIpc) is 2.29. The minimum atomic E-state index is -0.0953. The van der Waals surface area contributed by atoms with Gasteiger partial charge in [-0.1, -0.05) is 19.1 Å². The summed E-state index contributed by atoms with van der Waals surface area (Å²) in [7, 11) is 0. The topological polar surface area (TPSA) is 55.1 Å². The number of anilines is 1. The lowest BCUT2D eigenvalue weighted by atomic mass is 10.1. The molecule has 0 saturated carbocycles. The largest absolute Gasteiger partial charge is 0.398 e. The Morgan fingerprint density at radius 1 is 1.56 bits per heavy atom. The molecule has 88 valence electrons. The van der Waals surface area contributed by atoms with Gasteiger partial charge in [-0.25, -0.2) is 0 Å². The Morgan fingerprint density at radius 2 is 2.25 bits per heavy atom. The lowest BCUT2D eigenvalue weighted by molar-refractivity contribution is 0.0955. The summed E-state index contributed by atoms with van der Waals surface area (Å²) in [5.74, 6) is -0.0953. The lowest BCUT2D eigenvalue weighted by Crippen LogP contribution is -2.30. The van der Waals surface area contributed by atoms with Gasteiger partial charge in [0.15, 0.2) is 0 Å². The first-order valence-electron chi connectivity index (χ1n) is 5.22. The zero-order chi connectivity index (χ0) is 12.1. The summed E-state index contributed by atoms with van der Waals surface area (Å²) in [5, 5.41) is 3.29. The molecule has 1 unspecified atom stereocenters. The van der Waals surface area contributed by atoms with Gasteiger partial charge in [-0.05, 0) is 24.8 Å². The van der Waals surface area contributed by atoms with E-state index < -0.39 is 0 Å². The molecule has 4 heteroatoms. The summed E-state index contributed by atoms with van der Waals surface area (Å²) in [6.45, 7) is 4.63. The van der Waals surface area contributed by atoms with Crippen LogP contribution in [0.25, 0.3) is 0 Å². The average molecular weight is 238 g/mol. The minimum Gasteiger partial charge on any atom is -0.398 e. The molecule has 0 aliphatic carbocycles. The Balaban J connectivity index is 2.70. The highest BCUT2D eigenvalue weighted by Crippen LogP contribution is 2.16. The third-order valence-corrected chi connectivity index (χ3v) is 3.49. The van der Waals surface area contributed by atoms with E-state index in [0.29, 0.717) is 23.0 Å². The van der Waals surface area contributed by atoms with Crippen LogP contribution in [-0.4, -0.2) is 24.0 Å². The van der Waals surface area contributed by atoms with Crippen LogP contribution in [-0.2, 0) is 0 Å². The summed E-state index contributed by atoms with van der Waals surface area (Å²) in [6.07, 6.45) is 2.03. The van der Waals surface area contributed by atoms with E-state index in [4.69, 9.17) is 5.73 Å². The number of rotatable bonds is 4. The zero-order valence-corrected chi connectivity index (χ0v) is 10.7. The molecule has 1 rings (SSSR count). The molecule has 0 aliphatic heterocycles. The lowest BCUT2D eigenvalue weighted by Gasteiger charge is -2.12. The highest BCUT2D eigenvalue weighted by Gasteiger charge is 2.11. The van der Waals surface area contributed by atoms with Gasteiger partial charge in [0.2, 0.25) is 0 Å². The fourth-order valence-electron chi connectivity index (χ4n) is 1.29. The van der Waals surface area contributed by atoms with Crippen LogP contribution in [0.15, 0.2) is 18.2 Å². The maximum absolute atomic E-state index is 11.8. The molecule has 0 aromatic heterocycles. The van der Waals surface area contributed by atoms with Crippen molar-refractivity contribution in [3.05, 3.63) is 29.3 Å². The molecule has 1 amide bonds. The molecular weight excluding hydrogens is 220 g/mol. The Hall–Kier alpha value is -1.16. The number of carbonyl (C=O) groups is 1. The Bertz CT molecular complexity index is 379. The molecule has 0 aliphatic rings. The van der Waals surface area contributed by atoms with Crippen LogP contribution in [0.3, 0.4) is 0 Å². The van der Waals surface area contributed by atoms with Crippen molar-refractivity contribution in [3.63, 3.8) is 0 Å². The van der Waals surface area contributed by atoms with Crippen LogP contribution in [0.2, 0.25) is 0 Å². The number of nitrogens with two attached hydrogens (primary N) is 1. The van der Waals surface area contributed by atoms with Crippen molar-refractivity contribution in [1.29, 1.82) is 0 Å². The number of hydrogen-bond donors (Lipinski definition) is 2. The maximum Gasteiger partial charge on any atom is 0.253 e. The number of aryl methyl sites for hydroxylation is 1. The smallest absolute Gasteiger partial charge is 0.253 e. The SMILES string of the molecule is CSC(C)CNC(=O)c1cccc(C)c1N. The number of benzene rings is 1. The second kappa shape index (κ2) is 5.80. The highest BCUT2D eigenvalue weighted by molar-refractivity contribution is 7.99. The summed E-state index contributed by atoms with van der Waals surface area (Å²) < 4.78 is 0. The molecule has 3 nitrogen and oxygen atoms in total. The monoisotopic (exact) mass is 238 g/mol. The minimum absolute atomic E-state index is 0.0953. The summed E-state index contributed by atoms with van der Waals surface area (Å²) >= 11 is 1.72. The molecule has 16 heavy (non-hydrogen) atoms. The van der Waals surface area contributed by atoms with Crippen molar-refractivity contribution in [2.45, 2.75) is 19.1 Å². The van der Waals surface area contributed by atoms with Gasteiger partial charge < -0.3 is 11.1 Å². The molecule has 0 saturated heterocycles. The number of thioether (sulfide) groups is 1. The van der Waals surface area contributed by atoms with Crippen LogP contribution >= 0.6 is 11.8 Å². The number of hydrogen-bond acceptors (Lipinski definition) is 3. The number of para-hydroxylation sites is 1. The first-order valence-corrected chi connectivity index (χ1v) is 6.51. The first-order chi connectivity index (χ1) is 7.56. The van der Waals surface area contributed by atoms with Crippen molar-refractivity contribution in [3.8, 4) is 0 Å². The van der Waals surface area contributed by atoms with E-state index in [2.05, 4.69) is 12.2 Å². The highest BCUT2D eigenvalue weighted by atomic mass is 32.2. The molecule has 0 spiro atoms. The van der Waals surface area contributed by atoms with Crippen LogP contribution in [0.5, 0.6) is 0 Å². The fraction of sp³-hybridized carbons (Fsp3) is 0.417. The van der Waals surface area contributed by atoms with Crippen LogP contribution in [0, 0.1) is 6.92 Å². The third-order valence-electron chi connectivity index (χ3n) is 2.52. The zero-order valence-electron chi connectivity index (χ0n) is 9.91. The maximum atomic E-state index is 11.8. The van der Waals surface area contributed by atoms with E-state index in [1.165, 1.54) is 0 Å². The van der Waals surface area contributed by atoms with Crippen molar-refractivity contribution in [2.75, 3.05) is 18.5 Å². The van der Waals surface area contributed by atoms with Gasteiger partial charge in [0.1, 0.15) is 0 Å². The normalized spacial score (nSPS) is 12.2. The summed E-state index contributed by atoms with van der Waals surface area (Å²) in [5.41, 5.74) is 7.92. The number of carbonyl (C=O) groups excluding carboxylic acids is 1. The number of nitrogens with one attached hydrogen (secondary N) is 1. The van der Waals surface area contributed by atoms with Crippen LogP contribution in [0.4, 0.5) is 5.69 Å². The van der Waals surface area contributed by atoms with Gasteiger partial charge in [0.05, 0.1) is 5.56 Å². The van der Waals surface area contributed by atoms with Crippen LogP contribution in [0.1, 0.15) is 22.8 Å².